The summed E-state index contributed by atoms with van der Waals surface area (Å²) < 4.78 is 0. The van der Waals surface area contributed by atoms with Crippen molar-refractivity contribution in [2.75, 3.05) is 0 Å². The van der Waals surface area contributed by atoms with E-state index in [1.165, 1.54) is 109 Å². The van der Waals surface area contributed by atoms with Crippen LogP contribution < -0.4 is 0 Å². The van der Waals surface area contributed by atoms with Gasteiger partial charge in [-0.05, 0) is 94.3 Å². The van der Waals surface area contributed by atoms with Gasteiger partial charge in [0.1, 0.15) is 5.78 Å². The molecule has 0 aromatic rings. The second-order valence-corrected chi connectivity index (χ2v) is 11.4. The molecule has 154 valence electrons. The first-order valence-corrected chi connectivity index (χ1v) is 12.6. The SMILES string of the molecule is CCCCCC1CCC2(CC1)CC1(CCC(C3CCC(C)CC3)CC1)C2=O. The third kappa shape index (κ3) is 3.91. The van der Waals surface area contributed by atoms with Crippen LogP contribution in [0.1, 0.15) is 123 Å². The zero-order valence-corrected chi connectivity index (χ0v) is 18.2. The van der Waals surface area contributed by atoms with Crippen LogP contribution in [-0.4, -0.2) is 5.78 Å². The van der Waals surface area contributed by atoms with Gasteiger partial charge in [0, 0.05) is 10.8 Å². The summed E-state index contributed by atoms with van der Waals surface area (Å²) in [7, 11) is 0. The van der Waals surface area contributed by atoms with Crippen molar-refractivity contribution in [2.45, 2.75) is 123 Å². The molecule has 0 unspecified atom stereocenters. The Morgan fingerprint density at radius 1 is 0.778 bits per heavy atom. The smallest absolute Gasteiger partial charge is 0.145 e. The fourth-order valence-electron chi connectivity index (χ4n) is 7.70. The molecule has 4 rings (SSSR count). The van der Waals surface area contributed by atoms with Crippen molar-refractivity contribution < 1.29 is 4.79 Å². The number of rotatable bonds is 5. The molecule has 4 fully saturated rings. The van der Waals surface area contributed by atoms with Gasteiger partial charge in [-0.25, -0.2) is 0 Å². The van der Waals surface area contributed by atoms with Crippen molar-refractivity contribution in [3.8, 4) is 0 Å². The molecule has 0 aromatic heterocycles. The number of Topliss-reactive ketones (excluding diaryl/α,β-unsaturated/α-hetero) is 1. The maximum atomic E-state index is 13.4. The average molecular weight is 373 g/mol. The monoisotopic (exact) mass is 372 g/mol. The molecule has 0 bridgehead atoms. The quantitative estimate of drug-likeness (QED) is 0.451. The van der Waals surface area contributed by atoms with E-state index in [4.69, 9.17) is 0 Å². The van der Waals surface area contributed by atoms with Gasteiger partial charge in [0.15, 0.2) is 0 Å². The van der Waals surface area contributed by atoms with E-state index >= 15 is 0 Å². The van der Waals surface area contributed by atoms with Crippen molar-refractivity contribution in [1.29, 1.82) is 0 Å². The molecule has 0 amide bonds. The summed E-state index contributed by atoms with van der Waals surface area (Å²) in [4.78, 5) is 13.4. The summed E-state index contributed by atoms with van der Waals surface area (Å²) >= 11 is 0. The summed E-state index contributed by atoms with van der Waals surface area (Å²) in [6, 6.07) is 0. The Morgan fingerprint density at radius 2 is 1.33 bits per heavy atom. The second-order valence-electron chi connectivity index (χ2n) is 11.4. The number of carbonyl (C=O) groups is 1. The Hall–Kier alpha value is -0.330. The first-order chi connectivity index (χ1) is 13.1. The van der Waals surface area contributed by atoms with E-state index in [9.17, 15) is 4.79 Å². The highest BCUT2D eigenvalue weighted by Crippen LogP contribution is 2.64. The van der Waals surface area contributed by atoms with Crippen molar-refractivity contribution in [1.82, 2.24) is 0 Å². The molecule has 0 radical (unpaired) electrons. The molecule has 0 atom stereocenters. The largest absolute Gasteiger partial charge is 0.298 e. The van der Waals surface area contributed by atoms with Gasteiger partial charge in [0.2, 0.25) is 0 Å². The van der Waals surface area contributed by atoms with E-state index < -0.39 is 0 Å². The third-order valence-electron chi connectivity index (χ3n) is 9.63. The molecule has 4 aliphatic rings. The lowest BCUT2D eigenvalue weighted by molar-refractivity contribution is -0.169. The van der Waals surface area contributed by atoms with E-state index in [0.29, 0.717) is 0 Å². The standard InChI is InChI=1S/C26H44O/c1-3-4-5-6-21-11-15-25(16-12-21)19-26(24(25)27)17-13-23(14-18-26)22-9-7-20(2)8-10-22/h20-23H,3-19H2,1-2H3. The Morgan fingerprint density at radius 3 is 1.89 bits per heavy atom. The van der Waals surface area contributed by atoms with Gasteiger partial charge in [0.05, 0.1) is 0 Å². The molecule has 4 saturated carbocycles. The molecule has 27 heavy (non-hydrogen) atoms. The van der Waals surface area contributed by atoms with Crippen LogP contribution in [0.4, 0.5) is 0 Å². The highest BCUT2D eigenvalue weighted by Gasteiger charge is 2.63. The molecule has 1 nitrogen and oxygen atoms in total. The lowest BCUT2D eigenvalue weighted by Gasteiger charge is -2.59. The minimum Gasteiger partial charge on any atom is -0.298 e. The van der Waals surface area contributed by atoms with Gasteiger partial charge in [-0.2, -0.15) is 0 Å². The lowest BCUT2D eigenvalue weighted by atomic mass is 9.42. The van der Waals surface area contributed by atoms with Gasteiger partial charge < -0.3 is 0 Å². The van der Waals surface area contributed by atoms with Crippen molar-refractivity contribution in [2.24, 2.45) is 34.5 Å². The van der Waals surface area contributed by atoms with E-state index in [1.807, 2.05) is 0 Å². The Balaban J connectivity index is 1.24. The molecule has 0 heterocycles. The van der Waals surface area contributed by atoms with Crippen LogP contribution >= 0.6 is 0 Å². The zero-order chi connectivity index (χ0) is 18.9. The van der Waals surface area contributed by atoms with Crippen molar-refractivity contribution >= 4 is 5.78 Å². The fraction of sp³-hybridized carbons (Fsp3) is 0.962. The number of carbonyl (C=O) groups excluding carboxylic acids is 1. The van der Waals surface area contributed by atoms with Gasteiger partial charge in [-0.3, -0.25) is 4.79 Å². The third-order valence-corrected chi connectivity index (χ3v) is 9.63. The minimum atomic E-state index is 0.146. The number of hydrogen-bond donors (Lipinski definition) is 0. The van der Waals surface area contributed by atoms with Gasteiger partial charge in [0.25, 0.3) is 0 Å². The molecule has 0 aliphatic heterocycles. The molecule has 0 aromatic carbocycles. The topological polar surface area (TPSA) is 17.1 Å². The highest BCUT2D eigenvalue weighted by molar-refractivity contribution is 5.96. The van der Waals surface area contributed by atoms with E-state index in [0.717, 1.165) is 29.5 Å². The Kier molecular flexibility index (Phi) is 6.06. The Labute approximate surface area is 168 Å². The predicted octanol–water partition coefficient (Wildman–Crippen LogP) is 7.72. The van der Waals surface area contributed by atoms with Crippen LogP contribution in [-0.2, 0) is 4.79 Å². The van der Waals surface area contributed by atoms with Crippen LogP contribution in [0.5, 0.6) is 0 Å². The Bertz CT molecular complexity index is 496. The number of unbranched alkanes of at least 4 members (excludes halogenated alkanes) is 2. The first kappa shape index (κ1) is 20.0. The van der Waals surface area contributed by atoms with Gasteiger partial charge in [-0.1, -0.05) is 52.4 Å². The van der Waals surface area contributed by atoms with Gasteiger partial charge >= 0.3 is 0 Å². The molecule has 1 heteroatoms. The number of hydrogen-bond acceptors (Lipinski definition) is 1. The predicted molar refractivity (Wildman–Crippen MR) is 114 cm³/mol. The molecule has 2 spiro atoms. The molecular formula is C26H44O. The van der Waals surface area contributed by atoms with E-state index in [-0.39, 0.29) is 10.8 Å². The molecular weight excluding hydrogens is 328 g/mol. The van der Waals surface area contributed by atoms with Crippen LogP contribution in [0, 0.1) is 34.5 Å². The summed E-state index contributed by atoms with van der Waals surface area (Å²) in [5.41, 5.74) is 0.294. The van der Waals surface area contributed by atoms with Crippen LogP contribution in [0.15, 0.2) is 0 Å². The van der Waals surface area contributed by atoms with Crippen molar-refractivity contribution in [3.05, 3.63) is 0 Å². The number of ketones is 1. The second kappa shape index (κ2) is 8.19. The molecule has 0 saturated heterocycles. The maximum Gasteiger partial charge on any atom is 0.145 e. The van der Waals surface area contributed by atoms with Crippen LogP contribution in [0.25, 0.3) is 0 Å². The summed E-state index contributed by atoms with van der Waals surface area (Å²) in [6.45, 7) is 4.73. The molecule has 4 aliphatic carbocycles. The lowest BCUT2D eigenvalue weighted by Crippen LogP contribution is -2.59. The maximum absolute atomic E-state index is 13.4. The average Bonchev–Trinajstić information content (AvgIpc) is 2.70. The van der Waals surface area contributed by atoms with Crippen LogP contribution in [0.2, 0.25) is 0 Å². The summed E-state index contributed by atoms with van der Waals surface area (Å²) in [5.74, 6) is 4.55. The molecule has 0 N–H and O–H groups in total. The minimum absolute atomic E-state index is 0.146. The van der Waals surface area contributed by atoms with E-state index in [1.54, 1.807) is 0 Å². The zero-order valence-electron chi connectivity index (χ0n) is 18.2. The summed E-state index contributed by atoms with van der Waals surface area (Å²) in [5, 5.41) is 0. The highest BCUT2D eigenvalue weighted by atomic mass is 16.1. The van der Waals surface area contributed by atoms with E-state index in [2.05, 4.69) is 13.8 Å². The van der Waals surface area contributed by atoms with Gasteiger partial charge in [-0.15, -0.1) is 0 Å². The van der Waals surface area contributed by atoms with Crippen LogP contribution in [0.3, 0.4) is 0 Å². The summed E-state index contributed by atoms with van der Waals surface area (Å²) in [6.07, 6.45) is 23.0. The van der Waals surface area contributed by atoms with Crippen molar-refractivity contribution in [3.63, 3.8) is 0 Å². The first-order valence-electron chi connectivity index (χ1n) is 12.6. The fourth-order valence-corrected chi connectivity index (χ4v) is 7.70. The normalized spacial score (nSPS) is 45.2.